The summed E-state index contributed by atoms with van der Waals surface area (Å²) in [5, 5.41) is 3.79. The molecule has 0 saturated heterocycles. The standard InChI is InChI=1S/C11H8BrFN2OS/c1-6-11(17-15-14-6)10(16)5-7-2-3-9(13)8(12)4-7/h2-4H,5H2,1H3. The molecule has 1 heterocycles. The van der Waals surface area contributed by atoms with Crippen LogP contribution in [0, 0.1) is 12.7 Å². The zero-order valence-corrected chi connectivity index (χ0v) is 11.3. The topological polar surface area (TPSA) is 42.9 Å². The summed E-state index contributed by atoms with van der Waals surface area (Å²) in [6.07, 6.45) is 0.226. The highest BCUT2D eigenvalue weighted by atomic mass is 79.9. The third-order valence-electron chi connectivity index (χ3n) is 2.25. The Bertz CT molecular complexity index is 570. The normalized spacial score (nSPS) is 10.5. The monoisotopic (exact) mass is 314 g/mol. The number of rotatable bonds is 3. The Balaban J connectivity index is 2.19. The van der Waals surface area contributed by atoms with E-state index in [1.165, 1.54) is 6.07 Å². The maximum absolute atomic E-state index is 13.0. The van der Waals surface area contributed by atoms with Crippen molar-refractivity contribution in [2.75, 3.05) is 0 Å². The van der Waals surface area contributed by atoms with Crippen molar-refractivity contribution in [2.24, 2.45) is 0 Å². The Labute approximate surface area is 110 Å². The van der Waals surface area contributed by atoms with Gasteiger partial charge < -0.3 is 0 Å². The Morgan fingerprint density at radius 2 is 2.29 bits per heavy atom. The lowest BCUT2D eigenvalue weighted by Crippen LogP contribution is -2.03. The maximum Gasteiger partial charge on any atom is 0.180 e. The molecule has 0 radical (unpaired) electrons. The number of nitrogens with zero attached hydrogens (tertiary/aromatic N) is 2. The number of aryl methyl sites for hydroxylation is 1. The van der Waals surface area contributed by atoms with Gasteiger partial charge in [0.15, 0.2) is 5.78 Å². The maximum atomic E-state index is 13.0. The Morgan fingerprint density at radius 3 is 2.88 bits per heavy atom. The summed E-state index contributed by atoms with van der Waals surface area (Å²) in [6, 6.07) is 4.54. The molecule has 0 aliphatic carbocycles. The van der Waals surface area contributed by atoms with E-state index in [0.29, 0.717) is 15.0 Å². The molecule has 0 atom stereocenters. The molecule has 0 bridgehead atoms. The van der Waals surface area contributed by atoms with E-state index in [2.05, 4.69) is 25.5 Å². The van der Waals surface area contributed by atoms with Crippen molar-refractivity contribution in [3.8, 4) is 0 Å². The molecule has 3 nitrogen and oxygen atoms in total. The van der Waals surface area contributed by atoms with Crippen LogP contribution in [0.3, 0.4) is 0 Å². The Kier molecular flexibility index (Phi) is 3.63. The minimum absolute atomic E-state index is 0.0454. The van der Waals surface area contributed by atoms with E-state index in [0.717, 1.165) is 17.1 Å². The van der Waals surface area contributed by atoms with Gasteiger partial charge in [0.2, 0.25) is 0 Å². The Hall–Kier alpha value is -1.14. The number of benzene rings is 1. The molecule has 17 heavy (non-hydrogen) atoms. The molecule has 0 saturated carbocycles. The van der Waals surface area contributed by atoms with Crippen LogP contribution in [0.5, 0.6) is 0 Å². The minimum Gasteiger partial charge on any atom is -0.293 e. The van der Waals surface area contributed by atoms with Crippen LogP contribution in [0.25, 0.3) is 0 Å². The van der Waals surface area contributed by atoms with Gasteiger partial charge in [-0.2, -0.15) is 0 Å². The lowest BCUT2D eigenvalue weighted by atomic mass is 10.1. The average molecular weight is 315 g/mol. The highest BCUT2D eigenvalue weighted by Crippen LogP contribution is 2.19. The van der Waals surface area contributed by atoms with E-state index in [4.69, 9.17) is 0 Å². The van der Waals surface area contributed by atoms with Crippen molar-refractivity contribution in [2.45, 2.75) is 13.3 Å². The molecular formula is C11H8BrFN2OS. The zero-order chi connectivity index (χ0) is 12.4. The summed E-state index contributed by atoms with van der Waals surface area (Å²) in [5.74, 6) is -0.382. The quantitative estimate of drug-likeness (QED) is 0.817. The average Bonchev–Trinajstić information content (AvgIpc) is 2.70. The summed E-state index contributed by atoms with van der Waals surface area (Å²) in [6.45, 7) is 1.75. The lowest BCUT2D eigenvalue weighted by molar-refractivity contribution is 0.0996. The van der Waals surface area contributed by atoms with Gasteiger partial charge in [-0.3, -0.25) is 4.79 Å². The van der Waals surface area contributed by atoms with Crippen LogP contribution in [0.1, 0.15) is 20.9 Å². The van der Waals surface area contributed by atoms with Crippen molar-refractivity contribution in [3.05, 3.63) is 44.6 Å². The number of aromatic nitrogens is 2. The van der Waals surface area contributed by atoms with Gasteiger partial charge in [-0.15, -0.1) is 5.10 Å². The van der Waals surface area contributed by atoms with E-state index in [-0.39, 0.29) is 18.0 Å². The number of carbonyl (C=O) groups excluding carboxylic acids is 1. The van der Waals surface area contributed by atoms with E-state index in [1.807, 2.05) is 0 Å². The number of hydrogen-bond acceptors (Lipinski definition) is 4. The van der Waals surface area contributed by atoms with Gasteiger partial charge in [-0.25, -0.2) is 4.39 Å². The second-order valence-corrected chi connectivity index (χ2v) is 5.14. The fourth-order valence-electron chi connectivity index (χ4n) is 1.40. The van der Waals surface area contributed by atoms with Crippen molar-refractivity contribution in [1.82, 2.24) is 9.59 Å². The SMILES string of the molecule is Cc1nnsc1C(=O)Cc1ccc(F)c(Br)c1. The van der Waals surface area contributed by atoms with E-state index >= 15 is 0 Å². The third kappa shape index (κ3) is 2.76. The second-order valence-electron chi connectivity index (χ2n) is 3.54. The number of Topliss-reactive ketones (excluding diaryl/α,β-unsaturated/α-hetero) is 1. The lowest BCUT2D eigenvalue weighted by Gasteiger charge is -2.01. The van der Waals surface area contributed by atoms with Gasteiger partial charge in [0.1, 0.15) is 10.7 Å². The zero-order valence-electron chi connectivity index (χ0n) is 8.91. The largest absolute Gasteiger partial charge is 0.293 e. The molecule has 88 valence electrons. The fourth-order valence-corrected chi connectivity index (χ4v) is 2.42. The summed E-state index contributed by atoms with van der Waals surface area (Å²) in [7, 11) is 0. The van der Waals surface area contributed by atoms with E-state index in [9.17, 15) is 9.18 Å². The van der Waals surface area contributed by atoms with Crippen LogP contribution in [-0.4, -0.2) is 15.4 Å². The van der Waals surface area contributed by atoms with Gasteiger partial charge >= 0.3 is 0 Å². The second kappa shape index (κ2) is 5.01. The van der Waals surface area contributed by atoms with Crippen LogP contribution >= 0.6 is 27.5 Å². The summed E-state index contributed by atoms with van der Waals surface area (Å²) in [4.78, 5) is 12.5. The molecule has 1 aromatic carbocycles. The molecule has 0 unspecified atom stereocenters. The number of hydrogen-bond donors (Lipinski definition) is 0. The molecule has 1 aromatic heterocycles. The molecule has 6 heteroatoms. The molecule has 2 aromatic rings. The molecule has 0 spiro atoms. The summed E-state index contributed by atoms with van der Waals surface area (Å²) in [5.41, 5.74) is 1.40. The highest BCUT2D eigenvalue weighted by Gasteiger charge is 2.14. The predicted molar refractivity (Wildman–Crippen MR) is 66.8 cm³/mol. The fraction of sp³-hybridized carbons (Fsp3) is 0.182. The van der Waals surface area contributed by atoms with E-state index < -0.39 is 0 Å². The first kappa shape index (κ1) is 12.3. The molecule has 0 amide bonds. The molecule has 2 rings (SSSR count). The molecule has 0 fully saturated rings. The predicted octanol–water partition coefficient (Wildman–Crippen LogP) is 3.17. The third-order valence-corrected chi connectivity index (χ3v) is 3.73. The van der Waals surface area contributed by atoms with Gasteiger partial charge in [-0.1, -0.05) is 10.6 Å². The smallest absolute Gasteiger partial charge is 0.180 e. The van der Waals surface area contributed by atoms with Crippen LogP contribution < -0.4 is 0 Å². The molecule has 0 aliphatic rings. The first-order valence-corrected chi connectivity index (χ1v) is 6.40. The molecule has 0 N–H and O–H groups in total. The van der Waals surface area contributed by atoms with Crippen LogP contribution in [0.15, 0.2) is 22.7 Å². The van der Waals surface area contributed by atoms with Gasteiger partial charge in [0.25, 0.3) is 0 Å². The molecule has 0 aliphatic heterocycles. The van der Waals surface area contributed by atoms with Crippen molar-refractivity contribution < 1.29 is 9.18 Å². The van der Waals surface area contributed by atoms with Crippen molar-refractivity contribution in [3.63, 3.8) is 0 Å². The minimum atomic E-state index is -0.336. The van der Waals surface area contributed by atoms with Crippen molar-refractivity contribution in [1.29, 1.82) is 0 Å². The number of ketones is 1. The summed E-state index contributed by atoms with van der Waals surface area (Å²) >= 11 is 4.18. The van der Waals surface area contributed by atoms with Gasteiger partial charge in [0, 0.05) is 6.42 Å². The van der Waals surface area contributed by atoms with Gasteiger partial charge in [0.05, 0.1) is 10.2 Å². The van der Waals surface area contributed by atoms with Crippen molar-refractivity contribution >= 4 is 33.2 Å². The van der Waals surface area contributed by atoms with Crippen LogP contribution in [-0.2, 0) is 6.42 Å². The number of halogens is 2. The van der Waals surface area contributed by atoms with Crippen LogP contribution in [0.4, 0.5) is 4.39 Å². The number of carbonyl (C=O) groups is 1. The Morgan fingerprint density at radius 1 is 1.53 bits per heavy atom. The van der Waals surface area contributed by atoms with E-state index in [1.54, 1.807) is 19.1 Å². The summed E-state index contributed by atoms with van der Waals surface area (Å²) < 4.78 is 17.1. The van der Waals surface area contributed by atoms with Crippen LogP contribution in [0.2, 0.25) is 0 Å². The first-order chi connectivity index (χ1) is 8.08. The molecular weight excluding hydrogens is 307 g/mol. The first-order valence-electron chi connectivity index (χ1n) is 4.84. The van der Waals surface area contributed by atoms with Gasteiger partial charge in [-0.05, 0) is 52.1 Å². The highest BCUT2D eigenvalue weighted by molar-refractivity contribution is 9.10.